The van der Waals surface area contributed by atoms with E-state index in [-0.39, 0.29) is 47.2 Å². The number of esters is 1. The monoisotopic (exact) mass is 372 g/mol. The van der Waals surface area contributed by atoms with Crippen molar-refractivity contribution in [2.75, 3.05) is 0 Å². The molecule has 0 aliphatic carbocycles. The van der Waals surface area contributed by atoms with E-state index in [9.17, 15) is 4.79 Å². The lowest BCUT2D eigenvalue weighted by Crippen LogP contribution is -2.27. The van der Waals surface area contributed by atoms with Crippen LogP contribution in [0.25, 0.3) is 0 Å². The fourth-order valence-electron chi connectivity index (χ4n) is 1.61. The second kappa shape index (κ2) is 16.9. The molecule has 0 heterocycles. The van der Waals surface area contributed by atoms with Crippen LogP contribution in [0.15, 0.2) is 24.3 Å². The summed E-state index contributed by atoms with van der Waals surface area (Å²) in [4.78, 5) is 11.2. The van der Waals surface area contributed by atoms with Crippen LogP contribution in [0.1, 0.15) is 102 Å². The normalized spacial score (nSPS) is 11.5. The van der Waals surface area contributed by atoms with E-state index in [1.54, 1.807) is 12.1 Å². The van der Waals surface area contributed by atoms with Crippen molar-refractivity contribution >= 4 is 5.97 Å². The smallest absolute Gasteiger partial charge is 0.309 e. The molecular weight excluding hydrogens is 324 g/mol. The van der Waals surface area contributed by atoms with Crippen molar-refractivity contribution in [3.05, 3.63) is 29.8 Å². The van der Waals surface area contributed by atoms with Gasteiger partial charge in [-0.3, -0.25) is 4.79 Å². The first-order valence-corrected chi connectivity index (χ1v) is 8.12. The molecule has 0 amide bonds. The van der Waals surface area contributed by atoms with Gasteiger partial charge in [0.1, 0.15) is 11.4 Å². The van der Waals surface area contributed by atoms with E-state index in [4.69, 9.17) is 9.84 Å². The lowest BCUT2D eigenvalue weighted by Gasteiger charge is -2.21. The van der Waals surface area contributed by atoms with Gasteiger partial charge in [0, 0.05) is 0 Å². The van der Waals surface area contributed by atoms with E-state index in [1.807, 2.05) is 46.8 Å². The van der Waals surface area contributed by atoms with Crippen molar-refractivity contribution in [3.63, 3.8) is 0 Å². The molecule has 0 saturated carbocycles. The van der Waals surface area contributed by atoms with Crippen molar-refractivity contribution in [2.24, 2.45) is 5.92 Å². The van der Waals surface area contributed by atoms with Gasteiger partial charge in [-0.05, 0) is 57.2 Å². The Kier molecular flexibility index (Phi) is 23.2. The van der Waals surface area contributed by atoms with Crippen LogP contribution in [0, 0.1) is 5.92 Å². The third kappa shape index (κ3) is 16.0. The molecule has 0 bridgehead atoms. The Morgan fingerprint density at radius 3 is 1.69 bits per heavy atom. The number of carbonyl (C=O) groups is 1. The molecule has 0 saturated heterocycles. The second-order valence-corrected chi connectivity index (χ2v) is 6.74. The van der Waals surface area contributed by atoms with Crippen molar-refractivity contribution in [2.45, 2.75) is 103 Å². The molecule has 1 aromatic carbocycles. The second-order valence-electron chi connectivity index (χ2n) is 6.74. The fourth-order valence-corrected chi connectivity index (χ4v) is 1.61. The number of rotatable bonds is 4. The van der Waals surface area contributed by atoms with E-state index in [1.165, 1.54) is 5.56 Å². The van der Waals surface area contributed by atoms with Crippen LogP contribution < -0.4 is 0 Å². The van der Waals surface area contributed by atoms with Crippen LogP contribution in [-0.4, -0.2) is 16.7 Å². The number of benzene rings is 1. The van der Waals surface area contributed by atoms with Gasteiger partial charge in [-0.1, -0.05) is 69.5 Å². The molecule has 1 rings (SSSR count). The van der Waals surface area contributed by atoms with Gasteiger partial charge in [-0.15, -0.1) is 0 Å². The first-order valence-electron chi connectivity index (χ1n) is 8.12. The van der Waals surface area contributed by atoms with E-state index >= 15 is 0 Å². The quantitative estimate of drug-likeness (QED) is 0.548. The molecule has 1 aromatic rings. The van der Waals surface area contributed by atoms with Crippen LogP contribution in [0.2, 0.25) is 0 Å². The zero-order valence-corrected chi connectivity index (χ0v) is 15.1. The van der Waals surface area contributed by atoms with Crippen molar-refractivity contribution in [3.8, 4) is 5.75 Å². The molecule has 0 aliphatic heterocycles. The highest BCUT2D eigenvalue weighted by molar-refractivity contribution is 5.72. The first kappa shape index (κ1) is 35.6. The highest BCUT2D eigenvalue weighted by atomic mass is 16.6. The van der Waals surface area contributed by atoms with Crippen LogP contribution in [0.4, 0.5) is 0 Å². The summed E-state index contributed by atoms with van der Waals surface area (Å²) in [7, 11) is 0. The summed E-state index contributed by atoms with van der Waals surface area (Å²) < 4.78 is 5.15. The lowest BCUT2D eigenvalue weighted by molar-refractivity contribution is -0.159. The Morgan fingerprint density at radius 2 is 1.38 bits per heavy atom. The van der Waals surface area contributed by atoms with Gasteiger partial charge < -0.3 is 9.84 Å². The van der Waals surface area contributed by atoms with Gasteiger partial charge in [0.25, 0.3) is 0 Å². The fraction of sp³-hybridized carbons (Fsp3) is 0.696. The molecule has 2 unspecified atom stereocenters. The van der Waals surface area contributed by atoms with Gasteiger partial charge in [0.15, 0.2) is 0 Å². The standard InChI is InChI=1S/C10H14O.C9H18O2.4CH4/c1-3-8(2)9-4-6-10(11)7-5-9;1-6-7(2)8(10)11-9(3,4)5;;;;/h4-8,11H,3H2,1-2H3;7H,6H2,1-5H3;4*1H4. The predicted octanol–water partition coefficient (Wildman–Crippen LogP) is 7.82. The number of phenols is 1. The van der Waals surface area contributed by atoms with E-state index < -0.39 is 0 Å². The number of hydrogen-bond acceptors (Lipinski definition) is 3. The molecule has 26 heavy (non-hydrogen) atoms. The van der Waals surface area contributed by atoms with Crippen LogP contribution in [0.3, 0.4) is 0 Å². The minimum atomic E-state index is -0.347. The first-order chi connectivity index (χ1) is 10.1. The molecule has 0 aromatic heterocycles. The molecule has 0 fully saturated rings. The molecule has 3 nitrogen and oxygen atoms in total. The Labute approximate surface area is 165 Å². The Hall–Kier alpha value is -1.51. The summed E-state index contributed by atoms with van der Waals surface area (Å²) >= 11 is 0. The third-order valence-electron chi connectivity index (χ3n) is 3.50. The van der Waals surface area contributed by atoms with Crippen molar-refractivity contribution in [1.29, 1.82) is 0 Å². The summed E-state index contributed by atoms with van der Waals surface area (Å²) in [5.74, 6) is 0.863. The summed E-state index contributed by atoms with van der Waals surface area (Å²) in [6.07, 6.45) is 1.99. The maximum absolute atomic E-state index is 11.2. The maximum Gasteiger partial charge on any atom is 0.309 e. The van der Waals surface area contributed by atoms with Gasteiger partial charge in [-0.2, -0.15) is 0 Å². The molecule has 3 heteroatoms. The molecule has 0 spiro atoms. The maximum atomic E-state index is 11.2. The number of phenolic OH excluding ortho intramolecular Hbond substituents is 1. The molecule has 0 radical (unpaired) electrons. The van der Waals surface area contributed by atoms with Gasteiger partial charge in [0.2, 0.25) is 0 Å². The molecular formula is C23H48O3. The average Bonchev–Trinajstić information content (AvgIpc) is 2.45. The Morgan fingerprint density at radius 1 is 0.962 bits per heavy atom. The van der Waals surface area contributed by atoms with E-state index in [0.29, 0.717) is 11.7 Å². The van der Waals surface area contributed by atoms with E-state index in [0.717, 1.165) is 12.8 Å². The zero-order chi connectivity index (χ0) is 17.3. The van der Waals surface area contributed by atoms with Crippen LogP contribution in [-0.2, 0) is 9.53 Å². The molecule has 1 N–H and O–H groups in total. The highest BCUT2D eigenvalue weighted by Crippen LogP contribution is 2.20. The summed E-state index contributed by atoms with van der Waals surface area (Å²) in [6.45, 7) is 13.9. The largest absolute Gasteiger partial charge is 0.508 e. The zero-order valence-electron chi connectivity index (χ0n) is 15.1. The average molecular weight is 373 g/mol. The topological polar surface area (TPSA) is 46.5 Å². The Bertz CT molecular complexity index is 430. The number of ether oxygens (including phenoxy) is 1. The van der Waals surface area contributed by atoms with Crippen molar-refractivity contribution < 1.29 is 14.6 Å². The molecule has 2 atom stereocenters. The summed E-state index contributed by atoms with van der Waals surface area (Å²) in [5.41, 5.74) is 0.950. The highest BCUT2D eigenvalue weighted by Gasteiger charge is 2.19. The number of aromatic hydroxyl groups is 1. The third-order valence-corrected chi connectivity index (χ3v) is 3.50. The lowest BCUT2D eigenvalue weighted by atomic mass is 9.99. The van der Waals surface area contributed by atoms with Gasteiger partial charge >= 0.3 is 5.97 Å². The van der Waals surface area contributed by atoms with E-state index in [2.05, 4.69) is 13.8 Å². The summed E-state index contributed by atoms with van der Waals surface area (Å²) in [5, 5.41) is 9.01. The Balaban J connectivity index is -0.0000000980. The van der Waals surface area contributed by atoms with Gasteiger partial charge in [0.05, 0.1) is 5.92 Å². The van der Waals surface area contributed by atoms with Gasteiger partial charge in [-0.25, -0.2) is 0 Å². The minimum absolute atomic E-state index is 0. The molecule has 0 aliphatic rings. The van der Waals surface area contributed by atoms with Crippen LogP contribution in [0.5, 0.6) is 5.75 Å². The predicted molar refractivity (Wildman–Crippen MR) is 119 cm³/mol. The van der Waals surface area contributed by atoms with Crippen LogP contribution >= 0.6 is 0 Å². The summed E-state index contributed by atoms with van der Waals surface area (Å²) in [6, 6.07) is 7.43. The molecule has 158 valence electrons. The SMILES string of the molecule is C.C.C.C.CCC(C)C(=O)OC(C)(C)C.CCC(C)c1ccc(O)cc1. The number of carbonyl (C=O) groups excluding carboxylic acids is 1. The number of hydrogen-bond donors (Lipinski definition) is 1. The van der Waals surface area contributed by atoms with Crippen molar-refractivity contribution in [1.82, 2.24) is 0 Å². The minimum Gasteiger partial charge on any atom is -0.508 e.